The van der Waals surface area contributed by atoms with Crippen LogP contribution in [0.5, 0.6) is 23.3 Å². The zero-order valence-electron chi connectivity index (χ0n) is 43.9. The minimum atomic E-state index is -4.56. The molecule has 0 bridgehead atoms. The topological polar surface area (TPSA) is 225 Å². The number of aryl methyl sites for hydroxylation is 3. The number of rotatable bonds is 14. The van der Waals surface area contributed by atoms with E-state index in [1.54, 1.807) is 89.6 Å². The molecule has 20 nitrogen and oxygen atoms in total. The molecule has 1 saturated heterocycles. The van der Waals surface area contributed by atoms with Crippen molar-refractivity contribution < 1.29 is 45.8 Å². The first kappa shape index (κ1) is 54.0. The second-order valence-electron chi connectivity index (χ2n) is 20.6. The molecule has 414 valence electrons. The molecule has 3 atom stereocenters. The van der Waals surface area contributed by atoms with Crippen molar-refractivity contribution in [3.05, 3.63) is 120 Å². The average molecular weight is 1090 g/mol. The number of halogens is 5. The molecular weight excluding hydrogens is 1030 g/mol. The first-order chi connectivity index (χ1) is 37.8. The summed E-state index contributed by atoms with van der Waals surface area (Å²) in [6.07, 6.45) is 12.1. The van der Waals surface area contributed by atoms with Gasteiger partial charge in [0.2, 0.25) is 11.8 Å². The van der Waals surface area contributed by atoms with Gasteiger partial charge in [0.1, 0.15) is 42.3 Å². The number of ether oxygens (including phenoxy) is 2. The van der Waals surface area contributed by atoms with E-state index >= 15 is 0 Å². The van der Waals surface area contributed by atoms with Crippen molar-refractivity contribution in [2.75, 3.05) is 18.0 Å². The van der Waals surface area contributed by atoms with E-state index in [9.17, 15) is 36.3 Å². The number of carbonyl (C=O) groups is 3. The molecule has 1 aliphatic heterocycles. The van der Waals surface area contributed by atoms with Crippen molar-refractivity contribution in [2.24, 2.45) is 17.8 Å². The summed E-state index contributed by atoms with van der Waals surface area (Å²) in [5.74, 6) is -1.39. The lowest BCUT2D eigenvalue weighted by atomic mass is 10.1. The van der Waals surface area contributed by atoms with Gasteiger partial charge in [0.15, 0.2) is 34.0 Å². The van der Waals surface area contributed by atoms with Gasteiger partial charge in [0.05, 0.1) is 12.7 Å². The number of anilines is 1. The smallest absolute Gasteiger partial charge is 0.408 e. The molecule has 4 fully saturated rings. The molecule has 3 aliphatic carbocycles. The molecule has 12 rings (SSSR count). The van der Waals surface area contributed by atoms with Crippen LogP contribution in [0.4, 0.5) is 27.8 Å². The molecular formula is C54H58F5N15O5. The summed E-state index contributed by atoms with van der Waals surface area (Å²) >= 11 is 0. The number of piperidine rings is 1. The number of carbonyl (C=O) groups excluding carboxylic acids is 3. The number of hydrogen-bond donors (Lipinski definition) is 3. The van der Waals surface area contributed by atoms with Gasteiger partial charge >= 0.3 is 6.18 Å². The highest BCUT2D eigenvalue weighted by Gasteiger charge is 2.50. The normalized spacial score (nSPS) is 17.2. The number of alkyl halides is 5. The second kappa shape index (κ2) is 22.2. The Hall–Kier alpha value is -8.38. The summed E-state index contributed by atoms with van der Waals surface area (Å²) in [6.45, 7) is 9.47. The minimum Gasteiger partial charge on any atom is -0.439 e. The molecule has 3 N–H and O–H groups in total. The van der Waals surface area contributed by atoms with E-state index in [0.717, 1.165) is 11.4 Å². The molecule has 25 heteroatoms. The Morgan fingerprint density at radius 2 is 1.11 bits per heavy atom. The van der Waals surface area contributed by atoms with E-state index in [4.69, 9.17) is 9.47 Å². The van der Waals surface area contributed by atoms with Crippen molar-refractivity contribution in [3.63, 3.8) is 0 Å². The summed E-state index contributed by atoms with van der Waals surface area (Å²) in [4.78, 5) is 72.8. The predicted octanol–water partition coefficient (Wildman–Crippen LogP) is 8.85. The van der Waals surface area contributed by atoms with Gasteiger partial charge in [-0.15, -0.1) is 0 Å². The van der Waals surface area contributed by atoms with Crippen LogP contribution in [0.2, 0.25) is 0 Å². The van der Waals surface area contributed by atoms with Gasteiger partial charge in [-0.05, 0) is 122 Å². The standard InChI is InChI=1S/C18H20F5N5O.2C18H19N5O2/c1-10-7-12(27-6-2-5-17(19,20)8-27)25-15-13(24-9-28(10)15)16(29)26-14(11-3-4-11)18(21,22)23;1-11-9-15(25-14-5-7-19-8-6-14)22-17-16(20-10-23(11)17)18(24)21-12(2)13-3-4-13;1-11-8-15(25-14-4-3-7-19-9-14)22-17-16(20-10-23(11)17)18(24)21-12(2)13-5-6-13/h7,9,11,14H,2-6,8H2,1H3,(H,26,29);5-10,12-13H,3-4H2,1-2H3,(H,21,24);3-4,7-10,12-13H,5-6H2,1-2H3,(H,21,24)/t;2*12-/m.00/s1. The maximum Gasteiger partial charge on any atom is 0.408 e. The highest BCUT2D eigenvalue weighted by Crippen LogP contribution is 2.40. The lowest BCUT2D eigenvalue weighted by Gasteiger charge is -2.33. The molecule has 0 spiro atoms. The number of imidazole rings is 3. The number of pyridine rings is 2. The molecule has 3 amide bonds. The van der Waals surface area contributed by atoms with Crippen LogP contribution in [0.1, 0.15) is 114 Å². The van der Waals surface area contributed by atoms with Crippen LogP contribution in [0.3, 0.4) is 0 Å². The fourth-order valence-electron chi connectivity index (χ4n) is 9.34. The monoisotopic (exact) mass is 1090 g/mol. The lowest BCUT2D eigenvalue weighted by Crippen LogP contribution is -2.47. The van der Waals surface area contributed by atoms with Crippen molar-refractivity contribution in [2.45, 2.75) is 116 Å². The number of amides is 3. The van der Waals surface area contributed by atoms with Crippen LogP contribution in [0, 0.1) is 38.5 Å². The fraction of sp³-hybridized carbons (Fsp3) is 0.426. The number of hydrogen-bond acceptors (Lipinski definition) is 14. The zero-order valence-corrected chi connectivity index (χ0v) is 43.9. The number of nitrogens with one attached hydrogen (secondary N) is 3. The highest BCUT2D eigenvalue weighted by atomic mass is 19.4. The summed E-state index contributed by atoms with van der Waals surface area (Å²) in [5, 5.41) is 8.07. The molecule has 0 radical (unpaired) electrons. The van der Waals surface area contributed by atoms with E-state index in [0.29, 0.717) is 89.3 Å². The van der Waals surface area contributed by atoms with Crippen molar-refractivity contribution >= 4 is 40.5 Å². The molecule has 8 aromatic rings. The molecule has 4 aliphatic rings. The Labute approximate surface area is 449 Å². The molecule has 3 saturated carbocycles. The van der Waals surface area contributed by atoms with E-state index in [1.807, 2.05) is 39.1 Å². The fourth-order valence-corrected chi connectivity index (χ4v) is 9.34. The lowest BCUT2D eigenvalue weighted by molar-refractivity contribution is -0.158. The van der Waals surface area contributed by atoms with Gasteiger partial charge < -0.3 is 30.3 Å². The summed E-state index contributed by atoms with van der Waals surface area (Å²) in [5.41, 5.74) is 3.74. The van der Waals surface area contributed by atoms with E-state index in [2.05, 4.69) is 50.5 Å². The first-order valence-electron chi connectivity index (χ1n) is 26.1. The molecule has 79 heavy (non-hydrogen) atoms. The maximum absolute atomic E-state index is 13.8. The third-order valence-corrected chi connectivity index (χ3v) is 14.2. The Morgan fingerprint density at radius 3 is 1.58 bits per heavy atom. The van der Waals surface area contributed by atoms with Gasteiger partial charge in [-0.1, -0.05) is 0 Å². The Kier molecular flexibility index (Phi) is 15.1. The van der Waals surface area contributed by atoms with Crippen LogP contribution in [-0.4, -0.2) is 114 Å². The highest BCUT2D eigenvalue weighted by molar-refractivity contribution is 5.99. The first-order valence-corrected chi connectivity index (χ1v) is 26.1. The Balaban J connectivity index is 0.000000134. The summed E-state index contributed by atoms with van der Waals surface area (Å²) in [6, 6.07) is 10.7. The largest absolute Gasteiger partial charge is 0.439 e. The van der Waals surface area contributed by atoms with Gasteiger partial charge in [0.25, 0.3) is 23.6 Å². The third kappa shape index (κ3) is 12.8. The summed E-state index contributed by atoms with van der Waals surface area (Å²) < 4.78 is 83.8. The zero-order chi connectivity index (χ0) is 55.8. The van der Waals surface area contributed by atoms with Crippen LogP contribution in [0.25, 0.3) is 16.9 Å². The minimum absolute atomic E-state index is 0.0445. The SMILES string of the molecule is Cc1cc(N2CCCC(F)(F)C2)nc2c(C(=O)NC(C3CC3)C(F)(F)F)ncn12.Cc1cc(Oc2cccnc2)nc2c(C(=O)N[C@@H](C)C3CC3)ncn12.Cc1cc(Oc2ccncc2)nc2c(C(=O)N[C@@H](C)C3CC3)ncn12. The van der Waals surface area contributed by atoms with Crippen LogP contribution < -0.4 is 30.3 Å². The number of fused-ring (bicyclic) bond motifs is 3. The van der Waals surface area contributed by atoms with Crippen LogP contribution in [-0.2, 0) is 0 Å². The van der Waals surface area contributed by atoms with E-state index in [-0.39, 0.29) is 47.5 Å². The number of aromatic nitrogens is 11. The van der Waals surface area contributed by atoms with E-state index in [1.165, 1.54) is 41.3 Å². The van der Waals surface area contributed by atoms with Gasteiger partial charge in [0, 0.05) is 78.9 Å². The van der Waals surface area contributed by atoms with Gasteiger partial charge in [-0.25, -0.2) is 28.7 Å². The van der Waals surface area contributed by atoms with Crippen LogP contribution >= 0.6 is 0 Å². The van der Waals surface area contributed by atoms with Gasteiger partial charge in [-0.2, -0.15) is 23.1 Å². The van der Waals surface area contributed by atoms with Crippen molar-refractivity contribution in [3.8, 4) is 23.3 Å². The molecule has 8 aromatic heterocycles. The Morgan fingerprint density at radius 1 is 0.633 bits per heavy atom. The van der Waals surface area contributed by atoms with Crippen LogP contribution in [0.15, 0.2) is 86.2 Å². The average Bonchev–Trinajstić information content (AvgIpc) is 4.41. The quantitative estimate of drug-likeness (QED) is 0.0866. The Bertz CT molecular complexity index is 3350. The molecule has 1 unspecified atom stereocenters. The number of nitrogens with zero attached hydrogens (tertiary/aromatic N) is 12. The van der Waals surface area contributed by atoms with E-state index < -0.39 is 36.5 Å². The predicted molar refractivity (Wildman–Crippen MR) is 278 cm³/mol. The molecule has 9 heterocycles. The maximum atomic E-state index is 13.8. The van der Waals surface area contributed by atoms with Crippen molar-refractivity contribution in [1.82, 2.24) is 69.0 Å². The molecule has 0 aromatic carbocycles. The van der Waals surface area contributed by atoms with Gasteiger partial charge in [-0.3, -0.25) is 37.6 Å². The second-order valence-corrected chi connectivity index (χ2v) is 20.6. The summed E-state index contributed by atoms with van der Waals surface area (Å²) in [7, 11) is 0. The third-order valence-electron chi connectivity index (χ3n) is 14.2. The van der Waals surface area contributed by atoms with Crippen molar-refractivity contribution in [1.29, 1.82) is 0 Å².